The van der Waals surface area contributed by atoms with Crippen molar-refractivity contribution >= 4 is 27.7 Å². The summed E-state index contributed by atoms with van der Waals surface area (Å²) in [4.78, 5) is 7.62. The summed E-state index contributed by atoms with van der Waals surface area (Å²) in [5.41, 5.74) is 7.78. The van der Waals surface area contributed by atoms with E-state index in [0.29, 0.717) is 6.04 Å². The Morgan fingerprint density at radius 1 is 1.04 bits per heavy atom. The van der Waals surface area contributed by atoms with Crippen LogP contribution in [0.2, 0.25) is 0 Å². The van der Waals surface area contributed by atoms with Crippen molar-refractivity contribution in [3.8, 4) is 11.3 Å². The fraction of sp³-hybridized carbons (Fsp3) is 0.261. The van der Waals surface area contributed by atoms with Crippen molar-refractivity contribution in [1.29, 1.82) is 0 Å². The number of hydrogen-bond acceptors (Lipinski definition) is 2. The number of hydrogen-bond donors (Lipinski definition) is 0. The Kier molecular flexibility index (Phi) is 4.05. The average molecular weight is 405 g/mol. The number of pyridine rings is 1. The van der Waals surface area contributed by atoms with Gasteiger partial charge in [0, 0.05) is 16.2 Å². The van der Waals surface area contributed by atoms with E-state index >= 15 is 0 Å². The quantitative estimate of drug-likeness (QED) is 0.573. The number of rotatable bonds is 1. The highest BCUT2D eigenvalue weighted by Crippen LogP contribution is 2.42. The molecular formula is C23H21BrN2. The monoisotopic (exact) mass is 404 g/mol. The van der Waals surface area contributed by atoms with Crippen molar-refractivity contribution in [3.63, 3.8) is 0 Å². The molecule has 0 bridgehead atoms. The SMILES string of the molecule is Brc1ccc(-c2nc3c(c4c2N2C=CC=CC2CCC4)CCC=C3)cc1. The minimum Gasteiger partial charge on any atom is -0.339 e. The van der Waals surface area contributed by atoms with Gasteiger partial charge in [0.1, 0.15) is 0 Å². The fourth-order valence-corrected chi connectivity index (χ4v) is 4.64. The maximum atomic E-state index is 5.16. The van der Waals surface area contributed by atoms with E-state index in [4.69, 9.17) is 4.98 Å². The molecule has 2 aliphatic heterocycles. The lowest BCUT2D eigenvalue weighted by atomic mass is 9.91. The molecule has 130 valence electrons. The van der Waals surface area contributed by atoms with Gasteiger partial charge in [0.25, 0.3) is 0 Å². The van der Waals surface area contributed by atoms with Crippen LogP contribution < -0.4 is 4.90 Å². The molecule has 1 aromatic carbocycles. The smallest absolute Gasteiger partial charge is 0.0949 e. The largest absolute Gasteiger partial charge is 0.339 e. The summed E-state index contributed by atoms with van der Waals surface area (Å²) in [5.74, 6) is 0. The third-order valence-corrected chi connectivity index (χ3v) is 6.13. The fourth-order valence-electron chi connectivity index (χ4n) is 4.38. The van der Waals surface area contributed by atoms with Crippen LogP contribution in [-0.2, 0) is 12.8 Å². The minimum absolute atomic E-state index is 0.439. The number of nitrogens with zero attached hydrogens (tertiary/aromatic N) is 2. The zero-order chi connectivity index (χ0) is 17.5. The van der Waals surface area contributed by atoms with Crippen LogP contribution in [0.15, 0.2) is 59.2 Å². The number of anilines is 1. The molecule has 3 heteroatoms. The van der Waals surface area contributed by atoms with E-state index in [1.54, 1.807) is 0 Å². The number of fused-ring (bicyclic) bond motifs is 5. The van der Waals surface area contributed by atoms with Gasteiger partial charge >= 0.3 is 0 Å². The summed E-state index contributed by atoms with van der Waals surface area (Å²) in [6.07, 6.45) is 19.2. The first-order valence-electron chi connectivity index (χ1n) is 9.43. The normalized spacial score (nSPS) is 20.3. The Labute approximate surface area is 163 Å². The Hall–Kier alpha value is -2.13. The molecule has 0 saturated heterocycles. The molecule has 0 radical (unpaired) electrons. The first-order chi connectivity index (χ1) is 12.8. The average Bonchev–Trinajstić information content (AvgIpc) is 2.88. The molecule has 1 unspecified atom stereocenters. The predicted octanol–water partition coefficient (Wildman–Crippen LogP) is 6.07. The van der Waals surface area contributed by atoms with Crippen LogP contribution >= 0.6 is 15.9 Å². The summed E-state index contributed by atoms with van der Waals surface area (Å²) in [5, 5.41) is 0. The lowest BCUT2D eigenvalue weighted by Gasteiger charge is -2.32. The highest BCUT2D eigenvalue weighted by molar-refractivity contribution is 9.10. The van der Waals surface area contributed by atoms with Crippen LogP contribution in [0, 0.1) is 0 Å². The van der Waals surface area contributed by atoms with Crippen molar-refractivity contribution in [2.45, 2.75) is 38.1 Å². The number of allylic oxidation sites excluding steroid dienone is 3. The standard InChI is InChI=1S/C23H21BrN2/c24-17-13-11-16(12-14-17)22-23-20(19-8-1-2-10-21(19)25-22)9-5-7-18-6-3-4-15-26(18)23/h2-4,6,10-15,18H,1,5,7-9H2. The topological polar surface area (TPSA) is 16.1 Å². The summed E-state index contributed by atoms with van der Waals surface area (Å²) in [6.45, 7) is 0. The molecule has 1 atom stereocenters. The van der Waals surface area contributed by atoms with Gasteiger partial charge in [-0.15, -0.1) is 0 Å². The predicted molar refractivity (Wildman–Crippen MR) is 112 cm³/mol. The molecule has 2 aromatic rings. The summed E-state index contributed by atoms with van der Waals surface area (Å²) in [6, 6.07) is 9.01. The lowest BCUT2D eigenvalue weighted by molar-refractivity contribution is 0.668. The summed E-state index contributed by atoms with van der Waals surface area (Å²) in [7, 11) is 0. The molecule has 1 aromatic heterocycles. The van der Waals surface area contributed by atoms with E-state index in [1.165, 1.54) is 40.9 Å². The second-order valence-electron chi connectivity index (χ2n) is 7.19. The van der Waals surface area contributed by atoms with E-state index in [2.05, 4.69) is 81.7 Å². The molecule has 26 heavy (non-hydrogen) atoms. The van der Waals surface area contributed by atoms with Gasteiger partial charge in [0.05, 0.1) is 23.1 Å². The van der Waals surface area contributed by atoms with E-state index in [1.807, 2.05) is 0 Å². The van der Waals surface area contributed by atoms with Crippen molar-refractivity contribution in [2.24, 2.45) is 0 Å². The van der Waals surface area contributed by atoms with Crippen LogP contribution in [0.4, 0.5) is 5.69 Å². The van der Waals surface area contributed by atoms with Gasteiger partial charge in [-0.25, -0.2) is 4.98 Å². The van der Waals surface area contributed by atoms with Crippen molar-refractivity contribution in [2.75, 3.05) is 4.90 Å². The van der Waals surface area contributed by atoms with Gasteiger partial charge in [0.15, 0.2) is 0 Å². The highest BCUT2D eigenvalue weighted by atomic mass is 79.9. The zero-order valence-corrected chi connectivity index (χ0v) is 16.2. The molecule has 3 aliphatic rings. The third kappa shape index (κ3) is 2.66. The van der Waals surface area contributed by atoms with Gasteiger partial charge in [-0.2, -0.15) is 0 Å². The summed E-state index contributed by atoms with van der Waals surface area (Å²) >= 11 is 3.56. The second-order valence-corrected chi connectivity index (χ2v) is 8.11. The molecule has 0 fully saturated rings. The van der Waals surface area contributed by atoms with Crippen LogP contribution in [0.5, 0.6) is 0 Å². The third-order valence-electron chi connectivity index (χ3n) is 5.60. The van der Waals surface area contributed by atoms with Crippen LogP contribution in [0.3, 0.4) is 0 Å². The van der Waals surface area contributed by atoms with E-state index in [9.17, 15) is 0 Å². The Balaban J connectivity index is 1.79. The highest BCUT2D eigenvalue weighted by Gasteiger charge is 2.29. The molecule has 0 saturated carbocycles. The van der Waals surface area contributed by atoms with Crippen molar-refractivity contribution in [1.82, 2.24) is 4.98 Å². The Morgan fingerprint density at radius 3 is 2.81 bits per heavy atom. The molecule has 1 aliphatic carbocycles. The second kappa shape index (κ2) is 6.55. The first-order valence-corrected chi connectivity index (χ1v) is 10.2. The van der Waals surface area contributed by atoms with Gasteiger partial charge < -0.3 is 4.90 Å². The Morgan fingerprint density at radius 2 is 1.92 bits per heavy atom. The molecular weight excluding hydrogens is 384 g/mol. The van der Waals surface area contributed by atoms with Gasteiger partial charge in [-0.1, -0.05) is 46.3 Å². The number of aromatic nitrogens is 1. The van der Waals surface area contributed by atoms with Crippen LogP contribution in [0.1, 0.15) is 36.1 Å². The van der Waals surface area contributed by atoms with Gasteiger partial charge in [0.2, 0.25) is 0 Å². The first kappa shape index (κ1) is 16.1. The lowest BCUT2D eigenvalue weighted by Crippen LogP contribution is -2.30. The Bertz CT molecular complexity index is 938. The molecule has 0 amide bonds. The zero-order valence-electron chi connectivity index (χ0n) is 14.7. The van der Waals surface area contributed by atoms with Crippen molar-refractivity contribution < 1.29 is 0 Å². The number of benzene rings is 1. The van der Waals surface area contributed by atoms with Crippen LogP contribution in [-0.4, -0.2) is 11.0 Å². The van der Waals surface area contributed by atoms with E-state index in [-0.39, 0.29) is 0 Å². The van der Waals surface area contributed by atoms with Gasteiger partial charge in [-0.05, 0) is 67.5 Å². The van der Waals surface area contributed by atoms with Crippen LogP contribution in [0.25, 0.3) is 17.3 Å². The van der Waals surface area contributed by atoms with E-state index in [0.717, 1.165) is 29.4 Å². The maximum absolute atomic E-state index is 5.16. The molecule has 0 N–H and O–H groups in total. The molecule has 0 spiro atoms. The molecule has 5 rings (SSSR count). The van der Waals surface area contributed by atoms with Gasteiger partial charge in [-0.3, -0.25) is 0 Å². The number of halogens is 1. The summed E-state index contributed by atoms with van der Waals surface area (Å²) < 4.78 is 1.10. The maximum Gasteiger partial charge on any atom is 0.0949 e. The molecule has 3 heterocycles. The van der Waals surface area contributed by atoms with Crippen molar-refractivity contribution in [3.05, 3.63) is 76.1 Å². The molecule has 2 nitrogen and oxygen atoms in total. The minimum atomic E-state index is 0.439. The van der Waals surface area contributed by atoms with E-state index < -0.39 is 0 Å².